The van der Waals surface area contributed by atoms with Crippen molar-refractivity contribution in [2.45, 2.75) is 33.2 Å². The monoisotopic (exact) mass is 195 g/mol. The van der Waals surface area contributed by atoms with E-state index in [0.717, 1.165) is 6.42 Å². The maximum atomic E-state index is 13.3. The first-order chi connectivity index (χ1) is 6.65. The molecule has 0 amide bonds. The third kappa shape index (κ3) is 2.72. The summed E-state index contributed by atoms with van der Waals surface area (Å²) >= 11 is 0. The molecule has 1 aromatic carbocycles. The SMILES string of the molecule is CC[C@H](C)[C@@H](C)Nc1ccccc1F. The van der Waals surface area contributed by atoms with Crippen molar-refractivity contribution in [2.24, 2.45) is 5.92 Å². The number of para-hydroxylation sites is 1. The van der Waals surface area contributed by atoms with Crippen LogP contribution in [0.4, 0.5) is 10.1 Å². The molecular formula is C12H18FN. The maximum absolute atomic E-state index is 13.3. The van der Waals surface area contributed by atoms with Gasteiger partial charge in [0.2, 0.25) is 0 Å². The molecule has 0 heterocycles. The molecule has 0 aliphatic carbocycles. The van der Waals surface area contributed by atoms with Gasteiger partial charge in [-0.15, -0.1) is 0 Å². The van der Waals surface area contributed by atoms with Crippen LogP contribution < -0.4 is 5.32 Å². The van der Waals surface area contributed by atoms with Crippen LogP contribution in [0.25, 0.3) is 0 Å². The van der Waals surface area contributed by atoms with E-state index in [1.807, 2.05) is 6.07 Å². The van der Waals surface area contributed by atoms with Gasteiger partial charge in [0.15, 0.2) is 0 Å². The van der Waals surface area contributed by atoms with Gasteiger partial charge in [0.25, 0.3) is 0 Å². The van der Waals surface area contributed by atoms with Crippen molar-refractivity contribution < 1.29 is 4.39 Å². The largest absolute Gasteiger partial charge is 0.380 e. The lowest BCUT2D eigenvalue weighted by Gasteiger charge is -2.21. The Balaban J connectivity index is 2.64. The number of nitrogens with one attached hydrogen (secondary N) is 1. The van der Waals surface area contributed by atoms with Gasteiger partial charge in [0.1, 0.15) is 5.82 Å². The number of rotatable bonds is 4. The molecule has 0 aliphatic rings. The summed E-state index contributed by atoms with van der Waals surface area (Å²) in [4.78, 5) is 0. The molecule has 0 saturated carbocycles. The summed E-state index contributed by atoms with van der Waals surface area (Å²) in [6, 6.07) is 7.10. The van der Waals surface area contributed by atoms with E-state index in [1.165, 1.54) is 6.07 Å². The van der Waals surface area contributed by atoms with Crippen LogP contribution in [-0.4, -0.2) is 6.04 Å². The molecule has 14 heavy (non-hydrogen) atoms. The lowest BCUT2D eigenvalue weighted by atomic mass is 10.0. The lowest BCUT2D eigenvalue weighted by Crippen LogP contribution is -2.23. The first-order valence-corrected chi connectivity index (χ1v) is 5.16. The van der Waals surface area contributed by atoms with E-state index in [-0.39, 0.29) is 5.82 Å². The smallest absolute Gasteiger partial charge is 0.146 e. The molecular weight excluding hydrogens is 177 g/mol. The first kappa shape index (κ1) is 11.0. The zero-order valence-electron chi connectivity index (χ0n) is 9.05. The summed E-state index contributed by atoms with van der Waals surface area (Å²) in [5, 5.41) is 3.19. The average Bonchev–Trinajstić information content (AvgIpc) is 2.20. The van der Waals surface area contributed by atoms with Crippen LogP contribution in [-0.2, 0) is 0 Å². The molecule has 1 aromatic rings. The highest BCUT2D eigenvalue weighted by Gasteiger charge is 2.11. The molecule has 0 fully saturated rings. The van der Waals surface area contributed by atoms with Crippen molar-refractivity contribution in [3.63, 3.8) is 0 Å². The number of halogens is 1. The van der Waals surface area contributed by atoms with E-state index in [1.54, 1.807) is 12.1 Å². The molecule has 0 unspecified atom stereocenters. The third-order valence-corrected chi connectivity index (χ3v) is 2.75. The Kier molecular flexibility index (Phi) is 3.93. The molecule has 0 aliphatic heterocycles. The Bertz CT molecular complexity index is 285. The predicted molar refractivity (Wildman–Crippen MR) is 58.9 cm³/mol. The van der Waals surface area contributed by atoms with Crippen molar-refractivity contribution in [3.8, 4) is 0 Å². The normalized spacial score (nSPS) is 14.9. The highest BCUT2D eigenvalue weighted by Crippen LogP contribution is 2.17. The van der Waals surface area contributed by atoms with E-state index < -0.39 is 0 Å². The van der Waals surface area contributed by atoms with Gasteiger partial charge in [0.05, 0.1) is 5.69 Å². The lowest BCUT2D eigenvalue weighted by molar-refractivity contribution is 0.491. The van der Waals surface area contributed by atoms with E-state index in [4.69, 9.17) is 0 Å². The van der Waals surface area contributed by atoms with Gasteiger partial charge >= 0.3 is 0 Å². The maximum Gasteiger partial charge on any atom is 0.146 e. The van der Waals surface area contributed by atoms with Gasteiger partial charge in [-0.05, 0) is 25.0 Å². The fourth-order valence-corrected chi connectivity index (χ4v) is 1.32. The fraction of sp³-hybridized carbons (Fsp3) is 0.500. The van der Waals surface area contributed by atoms with Crippen LogP contribution >= 0.6 is 0 Å². The average molecular weight is 195 g/mol. The minimum absolute atomic E-state index is 0.178. The number of hydrogen-bond acceptors (Lipinski definition) is 1. The fourth-order valence-electron chi connectivity index (χ4n) is 1.32. The number of benzene rings is 1. The van der Waals surface area contributed by atoms with Crippen molar-refractivity contribution in [1.29, 1.82) is 0 Å². The van der Waals surface area contributed by atoms with E-state index in [9.17, 15) is 4.39 Å². The summed E-state index contributed by atoms with van der Waals surface area (Å²) in [7, 11) is 0. The third-order valence-electron chi connectivity index (χ3n) is 2.75. The molecule has 0 aromatic heterocycles. The van der Waals surface area contributed by atoms with Crippen molar-refractivity contribution in [1.82, 2.24) is 0 Å². The number of anilines is 1. The van der Waals surface area contributed by atoms with Gasteiger partial charge in [-0.25, -0.2) is 4.39 Å². The van der Waals surface area contributed by atoms with Gasteiger partial charge in [-0.1, -0.05) is 32.4 Å². The summed E-state index contributed by atoms with van der Waals surface area (Å²) in [6.07, 6.45) is 1.10. The van der Waals surface area contributed by atoms with Gasteiger partial charge in [-0.3, -0.25) is 0 Å². The summed E-state index contributed by atoms with van der Waals surface area (Å²) in [6.45, 7) is 6.39. The minimum Gasteiger partial charge on any atom is -0.380 e. The Morgan fingerprint density at radius 3 is 2.50 bits per heavy atom. The molecule has 1 N–H and O–H groups in total. The standard InChI is InChI=1S/C12H18FN/c1-4-9(2)10(3)14-12-8-6-5-7-11(12)13/h5-10,14H,4H2,1-3H3/t9-,10+/m0/s1. The Morgan fingerprint density at radius 2 is 1.93 bits per heavy atom. The van der Waals surface area contributed by atoms with E-state index >= 15 is 0 Å². The minimum atomic E-state index is -0.178. The quantitative estimate of drug-likeness (QED) is 0.773. The van der Waals surface area contributed by atoms with Crippen molar-refractivity contribution in [3.05, 3.63) is 30.1 Å². The van der Waals surface area contributed by atoms with Crippen LogP contribution in [0.15, 0.2) is 24.3 Å². The molecule has 0 radical (unpaired) electrons. The molecule has 1 rings (SSSR count). The molecule has 2 atom stereocenters. The van der Waals surface area contributed by atoms with Crippen LogP contribution in [0.5, 0.6) is 0 Å². The Labute approximate surface area is 85.3 Å². The zero-order chi connectivity index (χ0) is 10.6. The van der Waals surface area contributed by atoms with E-state index in [0.29, 0.717) is 17.6 Å². The highest BCUT2D eigenvalue weighted by molar-refractivity contribution is 5.45. The second-order valence-electron chi connectivity index (χ2n) is 3.80. The van der Waals surface area contributed by atoms with Crippen LogP contribution in [0.1, 0.15) is 27.2 Å². The summed E-state index contributed by atoms with van der Waals surface area (Å²) < 4.78 is 13.3. The first-order valence-electron chi connectivity index (χ1n) is 5.16. The van der Waals surface area contributed by atoms with Crippen molar-refractivity contribution in [2.75, 3.05) is 5.32 Å². The zero-order valence-corrected chi connectivity index (χ0v) is 9.05. The predicted octanol–water partition coefficient (Wildman–Crippen LogP) is 3.67. The van der Waals surface area contributed by atoms with Crippen molar-refractivity contribution >= 4 is 5.69 Å². The van der Waals surface area contributed by atoms with E-state index in [2.05, 4.69) is 26.1 Å². The Hall–Kier alpha value is -1.05. The van der Waals surface area contributed by atoms with Gasteiger partial charge in [-0.2, -0.15) is 0 Å². The van der Waals surface area contributed by atoms with Crippen LogP contribution in [0.3, 0.4) is 0 Å². The summed E-state index contributed by atoms with van der Waals surface area (Å²) in [5.41, 5.74) is 0.598. The second kappa shape index (κ2) is 4.99. The summed E-state index contributed by atoms with van der Waals surface area (Å²) in [5.74, 6) is 0.372. The molecule has 78 valence electrons. The van der Waals surface area contributed by atoms with Gasteiger partial charge in [0, 0.05) is 6.04 Å². The highest BCUT2D eigenvalue weighted by atomic mass is 19.1. The van der Waals surface area contributed by atoms with Crippen LogP contribution in [0.2, 0.25) is 0 Å². The Morgan fingerprint density at radius 1 is 1.29 bits per heavy atom. The molecule has 1 nitrogen and oxygen atoms in total. The number of hydrogen-bond donors (Lipinski definition) is 1. The molecule has 0 saturated heterocycles. The molecule has 0 bridgehead atoms. The topological polar surface area (TPSA) is 12.0 Å². The molecule has 0 spiro atoms. The molecule has 2 heteroatoms. The van der Waals surface area contributed by atoms with Crippen LogP contribution in [0, 0.1) is 11.7 Å². The van der Waals surface area contributed by atoms with Gasteiger partial charge < -0.3 is 5.32 Å². The second-order valence-corrected chi connectivity index (χ2v) is 3.80.